The van der Waals surface area contributed by atoms with E-state index < -0.39 is 0 Å². The van der Waals surface area contributed by atoms with Gasteiger partial charge >= 0.3 is 0 Å². The van der Waals surface area contributed by atoms with Gasteiger partial charge in [-0.15, -0.1) is 0 Å². The number of unbranched alkanes of at least 4 members (excludes halogenated alkanes) is 2. The third-order valence-corrected chi connectivity index (χ3v) is 3.60. The van der Waals surface area contributed by atoms with E-state index in [2.05, 4.69) is 0 Å². The van der Waals surface area contributed by atoms with Gasteiger partial charge < -0.3 is 9.47 Å². The van der Waals surface area contributed by atoms with Crippen molar-refractivity contribution in [2.75, 3.05) is 13.2 Å². The summed E-state index contributed by atoms with van der Waals surface area (Å²) in [4.78, 5) is 0. The highest BCUT2D eigenvalue weighted by Gasteiger charge is 2.00. The van der Waals surface area contributed by atoms with E-state index in [1.165, 1.54) is 0 Å². The van der Waals surface area contributed by atoms with Crippen LogP contribution in [0.3, 0.4) is 0 Å². The van der Waals surface area contributed by atoms with Crippen molar-refractivity contribution in [3.63, 3.8) is 0 Å². The third kappa shape index (κ3) is 5.49. The van der Waals surface area contributed by atoms with E-state index in [1.54, 1.807) is 0 Å². The summed E-state index contributed by atoms with van der Waals surface area (Å²) in [5.41, 5.74) is 0. The lowest BCUT2D eigenvalue weighted by atomic mass is 10.2. The molecule has 0 amide bonds. The molecule has 2 rings (SSSR count). The predicted molar refractivity (Wildman–Crippen MR) is 87.7 cm³/mol. The van der Waals surface area contributed by atoms with Gasteiger partial charge in [0, 0.05) is 0 Å². The van der Waals surface area contributed by atoms with Crippen molar-refractivity contribution in [2.24, 2.45) is 0 Å². The van der Waals surface area contributed by atoms with Crippen LogP contribution in [0.5, 0.6) is 11.5 Å². The number of para-hydroxylation sites is 2. The van der Waals surface area contributed by atoms with Crippen LogP contribution in [-0.4, -0.2) is 13.2 Å². The van der Waals surface area contributed by atoms with Gasteiger partial charge in [0.1, 0.15) is 11.5 Å². The molecule has 0 atom stereocenters. The Bertz CT molecular complexity index is 508. The monoisotopic (exact) mass is 324 g/mol. The second kappa shape index (κ2) is 8.81. The van der Waals surface area contributed by atoms with Gasteiger partial charge in [-0.3, -0.25) is 0 Å². The summed E-state index contributed by atoms with van der Waals surface area (Å²) in [6, 6.07) is 15.0. The van der Waals surface area contributed by atoms with Gasteiger partial charge in [0.15, 0.2) is 0 Å². The lowest BCUT2D eigenvalue weighted by Gasteiger charge is -2.09. The van der Waals surface area contributed by atoms with E-state index in [9.17, 15) is 0 Å². The molecule has 112 valence electrons. The Labute approximate surface area is 135 Å². The molecule has 0 aliphatic rings. The van der Waals surface area contributed by atoms with E-state index >= 15 is 0 Å². The lowest BCUT2D eigenvalue weighted by Crippen LogP contribution is -2.01. The summed E-state index contributed by atoms with van der Waals surface area (Å²) < 4.78 is 11.3. The molecule has 0 radical (unpaired) electrons. The summed E-state index contributed by atoms with van der Waals surface area (Å²) >= 11 is 12.0. The van der Waals surface area contributed by atoms with Crippen molar-refractivity contribution in [1.82, 2.24) is 0 Å². The number of hydrogen-bond acceptors (Lipinski definition) is 2. The highest BCUT2D eigenvalue weighted by Crippen LogP contribution is 2.24. The Hall–Kier alpha value is -1.38. The van der Waals surface area contributed by atoms with Crippen molar-refractivity contribution < 1.29 is 9.47 Å². The zero-order valence-corrected chi connectivity index (χ0v) is 13.2. The Morgan fingerprint density at radius 2 is 1.05 bits per heavy atom. The zero-order chi connectivity index (χ0) is 14.9. The molecule has 0 aliphatic carbocycles. The van der Waals surface area contributed by atoms with E-state index in [0.29, 0.717) is 23.3 Å². The molecule has 0 aliphatic heterocycles. The molecule has 4 heteroatoms. The molecule has 2 aromatic rings. The van der Waals surface area contributed by atoms with Crippen LogP contribution in [0, 0.1) is 0 Å². The predicted octanol–water partition coefficient (Wildman–Crippen LogP) is 5.62. The highest BCUT2D eigenvalue weighted by atomic mass is 35.5. The summed E-state index contributed by atoms with van der Waals surface area (Å²) in [6.07, 6.45) is 2.98. The molecule has 2 aromatic carbocycles. The molecule has 21 heavy (non-hydrogen) atoms. The molecule has 0 N–H and O–H groups in total. The Morgan fingerprint density at radius 3 is 1.48 bits per heavy atom. The second-order valence-corrected chi connectivity index (χ2v) is 5.43. The van der Waals surface area contributed by atoms with Crippen LogP contribution in [0.2, 0.25) is 10.0 Å². The van der Waals surface area contributed by atoms with E-state index in [-0.39, 0.29) is 0 Å². The van der Waals surface area contributed by atoms with Crippen LogP contribution in [-0.2, 0) is 0 Å². The summed E-state index contributed by atoms with van der Waals surface area (Å²) in [5, 5.41) is 1.30. The molecule has 2 nitrogen and oxygen atoms in total. The van der Waals surface area contributed by atoms with Gasteiger partial charge in [-0.2, -0.15) is 0 Å². The smallest absolute Gasteiger partial charge is 0.137 e. The van der Waals surface area contributed by atoms with Crippen molar-refractivity contribution in [3.8, 4) is 11.5 Å². The fourth-order valence-electron chi connectivity index (χ4n) is 1.87. The van der Waals surface area contributed by atoms with Gasteiger partial charge in [-0.1, -0.05) is 47.5 Å². The number of benzene rings is 2. The van der Waals surface area contributed by atoms with Crippen LogP contribution < -0.4 is 9.47 Å². The minimum absolute atomic E-state index is 0.652. The third-order valence-electron chi connectivity index (χ3n) is 2.98. The molecule has 0 unspecified atom stereocenters. The molecule has 0 aromatic heterocycles. The van der Waals surface area contributed by atoms with Crippen LogP contribution in [0.15, 0.2) is 48.5 Å². The number of ether oxygens (including phenoxy) is 2. The van der Waals surface area contributed by atoms with Crippen LogP contribution in [0.1, 0.15) is 19.3 Å². The van der Waals surface area contributed by atoms with Gasteiger partial charge in [0.05, 0.1) is 23.3 Å². The molecule has 0 spiro atoms. The van der Waals surface area contributed by atoms with Crippen molar-refractivity contribution >= 4 is 23.2 Å². The maximum absolute atomic E-state index is 6.01. The normalized spacial score (nSPS) is 10.4. The fourth-order valence-corrected chi connectivity index (χ4v) is 2.25. The standard InChI is InChI=1S/C17H18Cl2O2/c18-14-8-2-4-10-16(14)20-12-6-1-7-13-21-17-11-5-3-9-15(17)19/h2-5,8-11H,1,6-7,12-13H2. The molecule has 0 bridgehead atoms. The average Bonchev–Trinajstić information content (AvgIpc) is 2.50. The molecular weight excluding hydrogens is 307 g/mol. The van der Waals surface area contributed by atoms with Crippen molar-refractivity contribution in [3.05, 3.63) is 58.6 Å². The summed E-state index contributed by atoms with van der Waals surface area (Å²) in [5.74, 6) is 1.48. The Balaban J connectivity index is 1.57. The first-order chi connectivity index (χ1) is 10.3. The summed E-state index contributed by atoms with van der Waals surface area (Å²) in [6.45, 7) is 1.33. The van der Waals surface area contributed by atoms with Crippen molar-refractivity contribution in [1.29, 1.82) is 0 Å². The van der Waals surface area contributed by atoms with Gasteiger partial charge in [0.2, 0.25) is 0 Å². The molecular formula is C17H18Cl2O2. The zero-order valence-electron chi connectivity index (χ0n) is 11.7. The minimum atomic E-state index is 0.652. The highest BCUT2D eigenvalue weighted by molar-refractivity contribution is 6.32. The Morgan fingerprint density at radius 1 is 0.619 bits per heavy atom. The van der Waals surface area contributed by atoms with E-state index in [4.69, 9.17) is 32.7 Å². The minimum Gasteiger partial charge on any atom is -0.492 e. The topological polar surface area (TPSA) is 18.5 Å². The SMILES string of the molecule is Clc1ccccc1OCCCCCOc1ccccc1Cl. The first-order valence-electron chi connectivity index (χ1n) is 7.02. The fraction of sp³-hybridized carbons (Fsp3) is 0.294. The van der Waals surface area contributed by atoms with Crippen molar-refractivity contribution in [2.45, 2.75) is 19.3 Å². The molecule has 0 saturated heterocycles. The first kappa shape index (κ1) is 16.0. The maximum Gasteiger partial charge on any atom is 0.137 e. The van der Waals surface area contributed by atoms with E-state index in [1.807, 2.05) is 48.5 Å². The average molecular weight is 325 g/mol. The van der Waals surface area contributed by atoms with E-state index in [0.717, 1.165) is 30.8 Å². The number of halogens is 2. The van der Waals surface area contributed by atoms with Gasteiger partial charge in [0.25, 0.3) is 0 Å². The van der Waals surface area contributed by atoms with Gasteiger partial charge in [-0.25, -0.2) is 0 Å². The maximum atomic E-state index is 6.01. The Kier molecular flexibility index (Phi) is 6.71. The molecule has 0 saturated carbocycles. The number of rotatable bonds is 8. The lowest BCUT2D eigenvalue weighted by molar-refractivity contribution is 0.279. The van der Waals surface area contributed by atoms with Crippen LogP contribution in [0.25, 0.3) is 0 Å². The quantitative estimate of drug-likeness (QED) is 0.586. The molecule has 0 heterocycles. The summed E-state index contributed by atoms with van der Waals surface area (Å²) in [7, 11) is 0. The second-order valence-electron chi connectivity index (χ2n) is 4.62. The van der Waals surface area contributed by atoms with Crippen LogP contribution >= 0.6 is 23.2 Å². The van der Waals surface area contributed by atoms with Crippen LogP contribution in [0.4, 0.5) is 0 Å². The largest absolute Gasteiger partial charge is 0.492 e. The number of hydrogen-bond donors (Lipinski definition) is 0. The van der Waals surface area contributed by atoms with Gasteiger partial charge in [-0.05, 0) is 43.5 Å². The molecule has 0 fully saturated rings. The first-order valence-corrected chi connectivity index (χ1v) is 7.77.